The Kier molecular flexibility index (Phi) is 27.8. The van der Waals surface area contributed by atoms with Crippen molar-refractivity contribution in [2.75, 3.05) is 11.5 Å². The van der Waals surface area contributed by atoms with Crippen molar-refractivity contribution in [2.45, 2.75) is 0 Å². The summed E-state index contributed by atoms with van der Waals surface area (Å²) in [7, 11) is 0. The fourth-order valence-electron chi connectivity index (χ4n) is 0. The molecule has 0 N–H and O–H groups in total. The summed E-state index contributed by atoms with van der Waals surface area (Å²) in [6.07, 6.45) is 0. The SMILES string of the molecule is O=C([S-])C[S-].O=C([S-])C[S-].[O]=[Tc+3]. The van der Waals surface area contributed by atoms with Crippen LogP contribution in [0.1, 0.15) is 0 Å². The molecule has 0 aliphatic heterocycles. The van der Waals surface area contributed by atoms with Gasteiger partial charge in [-0.05, 0) is 10.2 Å². The predicted molar refractivity (Wildman–Crippen MR) is 49.9 cm³/mol. The second kappa shape index (κ2) is 17.9. The number of carbonyl (C=O) groups excluding carboxylic acids is 2. The van der Waals surface area contributed by atoms with Gasteiger partial charge in [0.25, 0.3) is 0 Å². The quantitative estimate of drug-likeness (QED) is 0.609. The molecule has 0 aromatic rings. The van der Waals surface area contributed by atoms with Crippen LogP contribution in [0, 0.1) is 0 Å². The van der Waals surface area contributed by atoms with Crippen LogP contribution in [-0.2, 0) is 82.5 Å². The maximum absolute atomic E-state index is 9.52. The molecule has 0 heterocycles. The molecule has 0 atom stereocenters. The Labute approximate surface area is 104 Å². The zero-order valence-electron chi connectivity index (χ0n) is 5.65. The minimum absolute atomic E-state index is 0.0648. The van der Waals surface area contributed by atoms with E-state index >= 15 is 0 Å². The topological polar surface area (TPSA) is 51.2 Å². The van der Waals surface area contributed by atoms with Gasteiger partial charge in [-0.2, -0.15) is 0 Å². The van der Waals surface area contributed by atoms with E-state index < -0.39 is 0 Å². The molecule has 0 aliphatic carbocycles. The standard InChI is InChI=1S/2C2H4OS2.O.Tc/c2*3-2(5)1-4;;/h2*4H,1H2,(H,3,5);;/q;;;+3/p-4. The van der Waals surface area contributed by atoms with Gasteiger partial charge < -0.3 is 60.1 Å². The summed E-state index contributed by atoms with van der Waals surface area (Å²) >= 11 is 17.4. The van der Waals surface area contributed by atoms with Crippen molar-refractivity contribution < 1.29 is 31.9 Å². The molecule has 8 heteroatoms. The van der Waals surface area contributed by atoms with Crippen LogP contribution in [0.3, 0.4) is 0 Å². The summed E-state index contributed by atoms with van der Waals surface area (Å²) in [4.78, 5) is 19.0. The molecule has 0 bridgehead atoms. The van der Waals surface area contributed by atoms with Gasteiger partial charge in [-0.25, -0.2) is 0 Å². The van der Waals surface area contributed by atoms with Gasteiger partial charge >= 0.3 is 22.4 Å². The number of rotatable bonds is 2. The van der Waals surface area contributed by atoms with Crippen LogP contribution in [0.5, 0.6) is 0 Å². The molecule has 12 heavy (non-hydrogen) atoms. The monoisotopic (exact) mass is 325 g/mol. The Balaban J connectivity index is -0.000000112. The van der Waals surface area contributed by atoms with E-state index in [0.717, 1.165) is 18.9 Å². The second-order valence-electron chi connectivity index (χ2n) is 1.03. The number of carbonyl (C=O) groups is 2. The molecule has 0 rings (SSSR count). The predicted octanol–water partition coefficient (Wildman–Crippen LogP) is -0.908. The maximum atomic E-state index is 9.52. The molecular formula is C4H4O3S4Tc-. The summed E-state index contributed by atoms with van der Waals surface area (Å²) in [5.41, 5.74) is 0. The van der Waals surface area contributed by atoms with Crippen molar-refractivity contribution in [3.05, 3.63) is 0 Å². The van der Waals surface area contributed by atoms with E-state index in [0.29, 0.717) is 0 Å². The molecule has 3 nitrogen and oxygen atoms in total. The van der Waals surface area contributed by atoms with Gasteiger partial charge in [0.05, 0.1) is 0 Å². The third kappa shape index (κ3) is 44.3. The van der Waals surface area contributed by atoms with Crippen LogP contribution in [0.15, 0.2) is 0 Å². The van der Waals surface area contributed by atoms with Crippen molar-refractivity contribution in [3.63, 3.8) is 0 Å². The normalized spacial score (nSPS) is 6.42. The molecule has 0 spiro atoms. The first-order valence-electron chi connectivity index (χ1n) is 2.26. The number of hydrogen-bond donors (Lipinski definition) is 0. The van der Waals surface area contributed by atoms with Gasteiger partial charge in [0, 0.05) is 0 Å². The van der Waals surface area contributed by atoms with Gasteiger partial charge in [0.15, 0.2) is 0 Å². The van der Waals surface area contributed by atoms with E-state index in [4.69, 9.17) is 3.50 Å². The van der Waals surface area contributed by atoms with Crippen LogP contribution in [0.2, 0.25) is 0 Å². The zero-order chi connectivity index (χ0) is 10.6. The molecule has 70 valence electrons. The Morgan fingerprint density at radius 1 is 0.917 bits per heavy atom. The van der Waals surface area contributed by atoms with Crippen molar-refractivity contribution in [1.82, 2.24) is 0 Å². The molecule has 0 aromatic carbocycles. The van der Waals surface area contributed by atoms with Gasteiger partial charge in [0.2, 0.25) is 0 Å². The van der Waals surface area contributed by atoms with Crippen molar-refractivity contribution in [2.24, 2.45) is 0 Å². The van der Waals surface area contributed by atoms with E-state index in [1.807, 2.05) is 0 Å². The zero-order valence-corrected chi connectivity index (χ0v) is 10.8. The van der Waals surface area contributed by atoms with Crippen LogP contribution in [0.25, 0.3) is 0 Å². The third-order valence-corrected chi connectivity index (χ3v) is 1.41. The molecule has 0 aliphatic rings. The first-order chi connectivity index (χ1) is 5.54. The van der Waals surface area contributed by atoms with Gasteiger partial charge in [-0.1, -0.05) is 0 Å². The van der Waals surface area contributed by atoms with E-state index in [1.54, 1.807) is 0 Å². The average molecular weight is 326 g/mol. The van der Waals surface area contributed by atoms with Gasteiger partial charge in [-0.3, -0.25) is 0 Å². The summed E-state index contributed by atoms with van der Waals surface area (Å²) in [5.74, 6) is 0.130. The van der Waals surface area contributed by atoms with Gasteiger partial charge in [0.1, 0.15) is 0 Å². The average Bonchev–Trinajstić information content (AvgIpc) is 2.09. The van der Waals surface area contributed by atoms with Crippen LogP contribution < -0.4 is 0 Å². The van der Waals surface area contributed by atoms with Crippen molar-refractivity contribution in [3.8, 4) is 0 Å². The van der Waals surface area contributed by atoms with Gasteiger partial charge in [-0.15, -0.1) is 11.5 Å². The third-order valence-electron chi connectivity index (χ3n) is 0.236. The minimum atomic E-state index is -0.347. The van der Waals surface area contributed by atoms with E-state index in [9.17, 15) is 9.59 Å². The molecule has 0 saturated carbocycles. The molecule has 0 aromatic heterocycles. The van der Waals surface area contributed by atoms with E-state index in [-0.39, 0.29) is 21.7 Å². The summed E-state index contributed by atoms with van der Waals surface area (Å²) in [6.45, 7) is 0. The fourth-order valence-corrected chi connectivity index (χ4v) is 0. The fraction of sp³-hybridized carbons (Fsp3) is 0.500. The summed E-state index contributed by atoms with van der Waals surface area (Å²) < 4.78 is 8.22. The molecule has 0 unspecified atom stereocenters. The van der Waals surface area contributed by atoms with Crippen molar-refractivity contribution >= 4 is 60.7 Å². The van der Waals surface area contributed by atoms with E-state index in [2.05, 4.69) is 50.5 Å². The van der Waals surface area contributed by atoms with Crippen LogP contribution in [0.4, 0.5) is 0 Å². The molecule has 0 amide bonds. The second-order valence-corrected chi connectivity index (χ2v) is 2.52. The Morgan fingerprint density at radius 3 is 1.00 bits per heavy atom. The summed E-state index contributed by atoms with van der Waals surface area (Å²) in [6, 6.07) is 0. The molecule has 0 fully saturated rings. The van der Waals surface area contributed by atoms with E-state index in [1.165, 1.54) is 0 Å². The van der Waals surface area contributed by atoms with Crippen LogP contribution in [-0.4, -0.2) is 21.7 Å². The van der Waals surface area contributed by atoms with Crippen molar-refractivity contribution in [1.29, 1.82) is 0 Å². The number of hydrogen-bond acceptors (Lipinski definition) is 7. The molecule has 0 saturated heterocycles. The first kappa shape index (κ1) is 18.7. The molecule has 0 radical (unpaired) electrons. The Bertz CT molecular complexity index is 117. The Hall–Kier alpha value is 0.929. The van der Waals surface area contributed by atoms with Crippen LogP contribution >= 0.6 is 0 Å². The molecular weight excluding hydrogens is 322 g/mol. The summed E-state index contributed by atoms with van der Waals surface area (Å²) in [5, 5.41) is -0.694. The Morgan fingerprint density at radius 2 is 1.00 bits per heavy atom. The first-order valence-corrected chi connectivity index (χ1v) is 4.99.